The maximum absolute atomic E-state index is 2.55. The van der Waals surface area contributed by atoms with Crippen LogP contribution in [-0.4, -0.2) is 0 Å². The molecular formula is C65H50N2. The summed E-state index contributed by atoms with van der Waals surface area (Å²) < 4.78 is 0. The van der Waals surface area contributed by atoms with E-state index in [0.717, 1.165) is 28.4 Å². The van der Waals surface area contributed by atoms with Gasteiger partial charge in [-0.2, -0.15) is 0 Å². The minimum atomic E-state index is -0.701. The standard InChI is InChI=1S/C65H50N2/c1-43-33-37-59(45(3)39-43)66(49-25-13-7-14-26-49)51-35-36-56-57(41-51)52-29-17-19-31-54(52)63-62-55-32-20-18-30-53(55)61(67(50-27-15-8-16-28-50)60-38-34-44(2)40-46(60)4)42-58(62)65(64(56)63,47-21-9-5-10-22-47)48-23-11-6-12-24-48/h5-42H,1-4H3. The van der Waals surface area contributed by atoms with Crippen LogP contribution in [0.1, 0.15) is 44.5 Å². The summed E-state index contributed by atoms with van der Waals surface area (Å²) in [6.07, 6.45) is 0. The molecule has 0 saturated heterocycles. The van der Waals surface area contributed by atoms with Crippen LogP contribution in [0.15, 0.2) is 231 Å². The summed E-state index contributed by atoms with van der Waals surface area (Å²) in [4.78, 5) is 4.92. The summed E-state index contributed by atoms with van der Waals surface area (Å²) >= 11 is 0. The highest BCUT2D eigenvalue weighted by Gasteiger charge is 2.49. The molecule has 1 aliphatic carbocycles. The highest BCUT2D eigenvalue weighted by Crippen LogP contribution is 2.63. The van der Waals surface area contributed by atoms with Crippen LogP contribution in [0.2, 0.25) is 0 Å². The molecule has 0 aromatic heterocycles. The van der Waals surface area contributed by atoms with Crippen LogP contribution in [0.3, 0.4) is 0 Å². The van der Waals surface area contributed by atoms with Gasteiger partial charge in [-0.25, -0.2) is 0 Å². The molecule has 67 heavy (non-hydrogen) atoms. The zero-order valence-electron chi connectivity index (χ0n) is 38.3. The van der Waals surface area contributed by atoms with E-state index in [-0.39, 0.29) is 0 Å². The van der Waals surface area contributed by atoms with E-state index in [2.05, 4.69) is 268 Å². The molecule has 0 spiro atoms. The van der Waals surface area contributed by atoms with Gasteiger partial charge in [0.15, 0.2) is 0 Å². The van der Waals surface area contributed by atoms with Crippen molar-refractivity contribution >= 4 is 66.4 Å². The third kappa shape index (κ3) is 6.32. The summed E-state index contributed by atoms with van der Waals surface area (Å²) in [5.41, 5.74) is 18.8. The Hall–Kier alpha value is -8.20. The van der Waals surface area contributed by atoms with Gasteiger partial charge in [-0.05, 0) is 154 Å². The van der Waals surface area contributed by atoms with Crippen molar-refractivity contribution in [2.75, 3.05) is 9.80 Å². The van der Waals surface area contributed by atoms with Gasteiger partial charge in [0.2, 0.25) is 0 Å². The molecular weight excluding hydrogens is 809 g/mol. The van der Waals surface area contributed by atoms with Crippen molar-refractivity contribution in [2.24, 2.45) is 0 Å². The first-order valence-corrected chi connectivity index (χ1v) is 23.4. The Bertz CT molecular complexity index is 3630. The van der Waals surface area contributed by atoms with Gasteiger partial charge < -0.3 is 9.80 Å². The smallest absolute Gasteiger partial charge is 0.0720 e. The van der Waals surface area contributed by atoms with E-state index in [1.807, 2.05) is 0 Å². The molecule has 2 nitrogen and oxygen atoms in total. The van der Waals surface area contributed by atoms with Gasteiger partial charge >= 0.3 is 0 Å². The van der Waals surface area contributed by atoms with Crippen molar-refractivity contribution in [3.63, 3.8) is 0 Å². The second kappa shape index (κ2) is 16.0. The van der Waals surface area contributed by atoms with Crippen molar-refractivity contribution in [1.82, 2.24) is 0 Å². The van der Waals surface area contributed by atoms with Crippen LogP contribution in [0, 0.1) is 27.7 Å². The molecule has 0 saturated carbocycles. The second-order valence-corrected chi connectivity index (χ2v) is 18.3. The predicted molar refractivity (Wildman–Crippen MR) is 285 cm³/mol. The molecule has 11 aromatic rings. The Labute approximate surface area is 393 Å². The third-order valence-corrected chi connectivity index (χ3v) is 14.2. The minimum absolute atomic E-state index is 0.701. The Morgan fingerprint density at radius 2 is 0.761 bits per heavy atom. The fourth-order valence-electron chi connectivity index (χ4n) is 11.5. The fourth-order valence-corrected chi connectivity index (χ4v) is 11.5. The zero-order chi connectivity index (χ0) is 45.2. The van der Waals surface area contributed by atoms with Gasteiger partial charge in [0, 0.05) is 33.8 Å². The summed E-state index contributed by atoms with van der Waals surface area (Å²) in [5.74, 6) is 0. The molecule has 0 atom stereocenters. The van der Waals surface area contributed by atoms with Crippen molar-refractivity contribution < 1.29 is 0 Å². The number of benzene rings is 11. The molecule has 320 valence electrons. The van der Waals surface area contributed by atoms with E-state index < -0.39 is 5.41 Å². The van der Waals surface area contributed by atoms with E-state index >= 15 is 0 Å². The summed E-state index contributed by atoms with van der Waals surface area (Å²) in [5, 5.41) is 7.41. The molecule has 0 radical (unpaired) electrons. The second-order valence-electron chi connectivity index (χ2n) is 18.3. The molecule has 11 aromatic carbocycles. The number of nitrogens with zero attached hydrogens (tertiary/aromatic N) is 2. The maximum Gasteiger partial charge on any atom is 0.0720 e. The number of anilines is 6. The van der Waals surface area contributed by atoms with Crippen LogP contribution in [-0.2, 0) is 5.41 Å². The van der Waals surface area contributed by atoms with Gasteiger partial charge in [-0.1, -0.05) is 187 Å². The van der Waals surface area contributed by atoms with Crippen molar-refractivity contribution in [3.8, 4) is 11.1 Å². The molecule has 1 aliphatic rings. The lowest BCUT2D eigenvalue weighted by Gasteiger charge is -2.36. The normalized spacial score (nSPS) is 12.6. The van der Waals surface area contributed by atoms with Crippen LogP contribution in [0.5, 0.6) is 0 Å². The van der Waals surface area contributed by atoms with Crippen LogP contribution in [0.4, 0.5) is 34.1 Å². The molecule has 0 unspecified atom stereocenters. The molecule has 0 fully saturated rings. The quantitative estimate of drug-likeness (QED) is 0.141. The van der Waals surface area contributed by atoms with Crippen LogP contribution in [0.25, 0.3) is 43.4 Å². The van der Waals surface area contributed by atoms with Gasteiger partial charge in [0.25, 0.3) is 0 Å². The molecule has 0 N–H and O–H groups in total. The van der Waals surface area contributed by atoms with Crippen molar-refractivity contribution in [2.45, 2.75) is 33.1 Å². The Morgan fingerprint density at radius 1 is 0.299 bits per heavy atom. The molecule has 0 heterocycles. The van der Waals surface area contributed by atoms with E-state index in [1.165, 1.54) is 93.6 Å². The minimum Gasteiger partial charge on any atom is -0.310 e. The third-order valence-electron chi connectivity index (χ3n) is 14.2. The van der Waals surface area contributed by atoms with E-state index in [0.29, 0.717) is 0 Å². The van der Waals surface area contributed by atoms with E-state index in [1.54, 1.807) is 0 Å². The number of rotatable bonds is 8. The summed E-state index contributed by atoms with van der Waals surface area (Å²) in [7, 11) is 0. The van der Waals surface area contributed by atoms with Gasteiger partial charge in [0.1, 0.15) is 0 Å². The average molecular weight is 859 g/mol. The largest absolute Gasteiger partial charge is 0.310 e. The summed E-state index contributed by atoms with van der Waals surface area (Å²) in [6, 6.07) is 86.0. The number of para-hydroxylation sites is 2. The average Bonchev–Trinajstić information content (AvgIpc) is 3.69. The van der Waals surface area contributed by atoms with Crippen molar-refractivity contribution in [1.29, 1.82) is 0 Å². The lowest BCUT2D eigenvalue weighted by atomic mass is 9.66. The van der Waals surface area contributed by atoms with Gasteiger partial charge in [-0.15, -0.1) is 0 Å². The number of fused-ring (bicyclic) bond motifs is 10. The van der Waals surface area contributed by atoms with Gasteiger partial charge in [-0.3, -0.25) is 0 Å². The first kappa shape index (κ1) is 40.3. The Balaban J connectivity index is 1.25. The number of hydrogen-bond donors (Lipinski definition) is 0. The molecule has 0 bridgehead atoms. The predicted octanol–water partition coefficient (Wildman–Crippen LogP) is 17.7. The van der Waals surface area contributed by atoms with Crippen molar-refractivity contribution in [3.05, 3.63) is 275 Å². The molecule has 2 heteroatoms. The molecule has 0 amide bonds. The first-order chi connectivity index (χ1) is 32.9. The number of aryl methyl sites for hydroxylation is 4. The highest BCUT2D eigenvalue weighted by molar-refractivity contribution is 6.24. The van der Waals surface area contributed by atoms with Crippen LogP contribution < -0.4 is 9.80 Å². The highest BCUT2D eigenvalue weighted by atomic mass is 15.2. The van der Waals surface area contributed by atoms with E-state index in [9.17, 15) is 0 Å². The molecule has 12 rings (SSSR count). The maximum atomic E-state index is 2.55. The fraction of sp³-hybridized carbons (Fsp3) is 0.0769. The number of hydrogen-bond acceptors (Lipinski definition) is 2. The monoisotopic (exact) mass is 858 g/mol. The molecule has 0 aliphatic heterocycles. The Morgan fingerprint density at radius 3 is 1.31 bits per heavy atom. The lowest BCUT2D eigenvalue weighted by molar-refractivity contribution is 0.776. The zero-order valence-corrected chi connectivity index (χ0v) is 38.3. The van der Waals surface area contributed by atoms with Gasteiger partial charge in [0.05, 0.1) is 11.1 Å². The lowest BCUT2D eigenvalue weighted by Crippen LogP contribution is -2.29. The first-order valence-electron chi connectivity index (χ1n) is 23.4. The topological polar surface area (TPSA) is 6.48 Å². The SMILES string of the molecule is Cc1ccc(N(c2ccccc2)c2ccc3c4c(c5ccccc5c3c2)-c2c(cc(N(c3ccccc3)c3ccc(C)cc3C)c3ccccc23)C4(c2ccccc2)c2ccccc2)c(C)c1. The van der Waals surface area contributed by atoms with E-state index in [4.69, 9.17) is 0 Å². The summed E-state index contributed by atoms with van der Waals surface area (Å²) in [6.45, 7) is 8.82. The van der Waals surface area contributed by atoms with Crippen LogP contribution >= 0.6 is 0 Å². The Kier molecular flexibility index (Phi) is 9.66.